The van der Waals surface area contributed by atoms with Crippen LogP contribution in [0.5, 0.6) is 0 Å². The molecule has 1 heterocycles. The van der Waals surface area contributed by atoms with Gasteiger partial charge in [-0.25, -0.2) is 4.98 Å². The Hall–Kier alpha value is -2.10. The summed E-state index contributed by atoms with van der Waals surface area (Å²) in [6.07, 6.45) is 1.63. The minimum absolute atomic E-state index is 0.143. The van der Waals surface area contributed by atoms with Crippen LogP contribution in [0.4, 0.5) is 0 Å². The third-order valence-electron chi connectivity index (χ3n) is 2.16. The van der Waals surface area contributed by atoms with E-state index in [9.17, 15) is 4.79 Å². The normalized spacial score (nSPS) is 10.3. The molecule has 16 heavy (non-hydrogen) atoms. The van der Waals surface area contributed by atoms with Crippen LogP contribution in [0, 0.1) is 6.92 Å². The summed E-state index contributed by atoms with van der Waals surface area (Å²) in [6.45, 7) is 5.76. The molecular weight excluding hydrogens is 204 g/mol. The fourth-order valence-electron chi connectivity index (χ4n) is 1.45. The SMILES string of the molecule is C=CCNC(=O)c1ccc2nc(C)oc2c1. The highest BCUT2D eigenvalue weighted by atomic mass is 16.3. The smallest absolute Gasteiger partial charge is 0.251 e. The van der Waals surface area contributed by atoms with Gasteiger partial charge in [-0.2, -0.15) is 0 Å². The molecule has 0 spiro atoms. The molecule has 82 valence electrons. The molecule has 0 unspecified atom stereocenters. The number of carbonyl (C=O) groups is 1. The number of benzene rings is 1. The highest BCUT2D eigenvalue weighted by molar-refractivity contribution is 5.97. The quantitative estimate of drug-likeness (QED) is 0.799. The topological polar surface area (TPSA) is 55.1 Å². The molecule has 0 saturated heterocycles. The number of hydrogen-bond acceptors (Lipinski definition) is 3. The molecular formula is C12H12N2O2. The average Bonchev–Trinajstić information content (AvgIpc) is 2.64. The molecule has 0 saturated carbocycles. The molecule has 0 aliphatic heterocycles. The maximum atomic E-state index is 11.6. The van der Waals surface area contributed by atoms with Crippen molar-refractivity contribution in [3.8, 4) is 0 Å². The van der Waals surface area contributed by atoms with Crippen LogP contribution in [0.1, 0.15) is 16.2 Å². The number of oxazole rings is 1. The van der Waals surface area contributed by atoms with Crippen molar-refractivity contribution >= 4 is 17.0 Å². The van der Waals surface area contributed by atoms with Crippen LogP contribution < -0.4 is 5.32 Å². The summed E-state index contributed by atoms with van der Waals surface area (Å²) in [5, 5.41) is 2.70. The Morgan fingerprint density at radius 2 is 2.44 bits per heavy atom. The fraction of sp³-hybridized carbons (Fsp3) is 0.167. The first-order chi connectivity index (χ1) is 7.70. The van der Waals surface area contributed by atoms with E-state index in [2.05, 4.69) is 16.9 Å². The van der Waals surface area contributed by atoms with Gasteiger partial charge in [0.25, 0.3) is 5.91 Å². The van der Waals surface area contributed by atoms with Crippen LogP contribution in [0.3, 0.4) is 0 Å². The summed E-state index contributed by atoms with van der Waals surface area (Å²) in [7, 11) is 0. The molecule has 1 aromatic carbocycles. The van der Waals surface area contributed by atoms with Crippen molar-refractivity contribution in [2.24, 2.45) is 0 Å². The van der Waals surface area contributed by atoms with Crippen molar-refractivity contribution in [3.63, 3.8) is 0 Å². The van der Waals surface area contributed by atoms with Crippen LogP contribution in [-0.4, -0.2) is 17.4 Å². The van der Waals surface area contributed by atoms with Crippen molar-refractivity contribution in [1.82, 2.24) is 10.3 Å². The number of carbonyl (C=O) groups excluding carboxylic acids is 1. The molecule has 0 bridgehead atoms. The van der Waals surface area contributed by atoms with Gasteiger partial charge < -0.3 is 9.73 Å². The number of fused-ring (bicyclic) bond motifs is 1. The van der Waals surface area contributed by atoms with Gasteiger partial charge in [0, 0.05) is 19.0 Å². The van der Waals surface area contributed by atoms with Crippen molar-refractivity contribution in [1.29, 1.82) is 0 Å². The van der Waals surface area contributed by atoms with Gasteiger partial charge in [0.1, 0.15) is 5.52 Å². The average molecular weight is 216 g/mol. The minimum atomic E-state index is -0.143. The number of aromatic nitrogens is 1. The number of nitrogens with zero attached hydrogens (tertiary/aromatic N) is 1. The number of hydrogen-bond donors (Lipinski definition) is 1. The lowest BCUT2D eigenvalue weighted by Gasteiger charge is -2.01. The Labute approximate surface area is 93.0 Å². The second-order valence-corrected chi connectivity index (χ2v) is 3.41. The Morgan fingerprint density at radius 3 is 3.19 bits per heavy atom. The predicted molar refractivity (Wildman–Crippen MR) is 61.3 cm³/mol. The Balaban J connectivity index is 2.31. The van der Waals surface area contributed by atoms with Crippen molar-refractivity contribution in [2.45, 2.75) is 6.92 Å². The van der Waals surface area contributed by atoms with Gasteiger partial charge in [-0.3, -0.25) is 4.79 Å². The maximum absolute atomic E-state index is 11.6. The highest BCUT2D eigenvalue weighted by Crippen LogP contribution is 2.16. The van der Waals surface area contributed by atoms with Crippen LogP contribution >= 0.6 is 0 Å². The van der Waals surface area contributed by atoms with E-state index in [-0.39, 0.29) is 5.91 Å². The monoisotopic (exact) mass is 216 g/mol. The van der Waals surface area contributed by atoms with Crippen LogP contribution in [-0.2, 0) is 0 Å². The van der Waals surface area contributed by atoms with Gasteiger partial charge in [0.05, 0.1) is 0 Å². The molecule has 2 rings (SSSR count). The Bertz CT molecular complexity index is 543. The van der Waals surface area contributed by atoms with E-state index < -0.39 is 0 Å². The summed E-state index contributed by atoms with van der Waals surface area (Å²) in [4.78, 5) is 15.8. The summed E-state index contributed by atoms with van der Waals surface area (Å²) in [6, 6.07) is 5.19. The number of rotatable bonds is 3. The summed E-state index contributed by atoms with van der Waals surface area (Å²) >= 11 is 0. The minimum Gasteiger partial charge on any atom is -0.441 e. The molecule has 0 atom stereocenters. The molecule has 1 aromatic heterocycles. The lowest BCUT2D eigenvalue weighted by Crippen LogP contribution is -2.22. The van der Waals surface area contributed by atoms with E-state index in [0.717, 1.165) is 5.52 Å². The van der Waals surface area contributed by atoms with E-state index in [1.54, 1.807) is 31.2 Å². The first-order valence-electron chi connectivity index (χ1n) is 4.97. The van der Waals surface area contributed by atoms with E-state index in [1.807, 2.05) is 0 Å². The first kappa shape index (κ1) is 10.4. The van der Waals surface area contributed by atoms with Gasteiger partial charge >= 0.3 is 0 Å². The maximum Gasteiger partial charge on any atom is 0.251 e. The van der Waals surface area contributed by atoms with Crippen LogP contribution in [0.15, 0.2) is 35.3 Å². The molecule has 4 heteroatoms. The lowest BCUT2D eigenvalue weighted by atomic mass is 10.2. The molecule has 0 aliphatic carbocycles. The number of nitrogens with one attached hydrogen (secondary N) is 1. The third kappa shape index (κ3) is 1.95. The van der Waals surface area contributed by atoms with Crippen LogP contribution in [0.2, 0.25) is 0 Å². The van der Waals surface area contributed by atoms with Crippen LogP contribution in [0.25, 0.3) is 11.1 Å². The van der Waals surface area contributed by atoms with Crippen molar-refractivity contribution < 1.29 is 9.21 Å². The van der Waals surface area contributed by atoms with Gasteiger partial charge in [0.2, 0.25) is 0 Å². The molecule has 0 aliphatic rings. The van der Waals surface area contributed by atoms with Crippen molar-refractivity contribution in [3.05, 3.63) is 42.3 Å². The Kier molecular flexibility index (Phi) is 2.72. The first-order valence-corrected chi connectivity index (χ1v) is 4.97. The summed E-state index contributed by atoms with van der Waals surface area (Å²) in [5.41, 5.74) is 1.95. The summed E-state index contributed by atoms with van der Waals surface area (Å²) < 4.78 is 5.35. The number of amides is 1. The van der Waals surface area contributed by atoms with Gasteiger partial charge in [-0.1, -0.05) is 6.08 Å². The fourth-order valence-corrected chi connectivity index (χ4v) is 1.45. The summed E-state index contributed by atoms with van der Waals surface area (Å²) in [5.74, 6) is 0.453. The van der Waals surface area contributed by atoms with E-state index in [0.29, 0.717) is 23.6 Å². The zero-order valence-corrected chi connectivity index (χ0v) is 8.99. The Morgan fingerprint density at radius 1 is 1.62 bits per heavy atom. The molecule has 1 N–H and O–H groups in total. The number of aryl methyl sites for hydroxylation is 1. The molecule has 0 radical (unpaired) electrons. The zero-order chi connectivity index (χ0) is 11.5. The van der Waals surface area contributed by atoms with Crippen molar-refractivity contribution in [2.75, 3.05) is 6.54 Å². The van der Waals surface area contributed by atoms with Gasteiger partial charge in [-0.05, 0) is 18.2 Å². The largest absolute Gasteiger partial charge is 0.441 e. The third-order valence-corrected chi connectivity index (χ3v) is 2.16. The van der Waals surface area contributed by atoms with Gasteiger partial charge in [0.15, 0.2) is 11.5 Å². The van der Waals surface area contributed by atoms with E-state index in [4.69, 9.17) is 4.42 Å². The second kappa shape index (κ2) is 4.18. The predicted octanol–water partition coefficient (Wildman–Crippen LogP) is 2.05. The molecule has 4 nitrogen and oxygen atoms in total. The van der Waals surface area contributed by atoms with E-state index >= 15 is 0 Å². The van der Waals surface area contributed by atoms with E-state index in [1.165, 1.54) is 0 Å². The lowest BCUT2D eigenvalue weighted by molar-refractivity contribution is 0.0958. The second-order valence-electron chi connectivity index (χ2n) is 3.41. The van der Waals surface area contributed by atoms with Gasteiger partial charge in [-0.15, -0.1) is 6.58 Å². The zero-order valence-electron chi connectivity index (χ0n) is 8.99. The molecule has 2 aromatic rings. The molecule has 0 fully saturated rings. The standard InChI is InChI=1S/C12H12N2O2/c1-3-6-13-12(15)9-4-5-10-11(7-9)16-8(2)14-10/h3-5,7H,1,6H2,2H3,(H,13,15). The molecule has 1 amide bonds. The highest BCUT2D eigenvalue weighted by Gasteiger charge is 2.08.